The first kappa shape index (κ1) is 15.9. The highest BCUT2D eigenvalue weighted by atomic mass is 32.2. The van der Waals surface area contributed by atoms with E-state index in [9.17, 15) is 0 Å². The molecule has 0 spiro atoms. The molecule has 1 aromatic carbocycles. The Hall–Kier alpha value is -0.510. The fourth-order valence-electron chi connectivity index (χ4n) is 3.06. The molecule has 0 saturated carbocycles. The lowest BCUT2D eigenvalue weighted by molar-refractivity contribution is 0.241. The van der Waals surface area contributed by atoms with Gasteiger partial charge in [0.2, 0.25) is 0 Å². The maximum atomic E-state index is 3.72. The molecule has 1 aliphatic heterocycles. The van der Waals surface area contributed by atoms with Crippen LogP contribution in [0.15, 0.2) is 30.3 Å². The summed E-state index contributed by atoms with van der Waals surface area (Å²) in [6.45, 7) is 7.21. The van der Waals surface area contributed by atoms with Gasteiger partial charge in [0.25, 0.3) is 0 Å². The van der Waals surface area contributed by atoms with Crippen LogP contribution < -0.4 is 5.32 Å². The van der Waals surface area contributed by atoms with Gasteiger partial charge in [-0.05, 0) is 49.4 Å². The number of benzene rings is 1. The molecule has 1 saturated heterocycles. The van der Waals surface area contributed by atoms with Crippen molar-refractivity contribution in [2.45, 2.75) is 25.8 Å². The second-order valence-corrected chi connectivity index (χ2v) is 6.93. The summed E-state index contributed by atoms with van der Waals surface area (Å²) in [7, 11) is 0. The molecule has 2 nitrogen and oxygen atoms in total. The third kappa shape index (κ3) is 5.47. The van der Waals surface area contributed by atoms with Crippen molar-refractivity contribution in [1.29, 1.82) is 0 Å². The Morgan fingerprint density at radius 1 is 1.35 bits per heavy atom. The average Bonchev–Trinajstić information content (AvgIpc) is 2.65. The second-order valence-electron chi connectivity index (χ2n) is 6.01. The first-order chi connectivity index (χ1) is 9.78. The van der Waals surface area contributed by atoms with Crippen LogP contribution in [0.25, 0.3) is 0 Å². The highest BCUT2D eigenvalue weighted by Crippen LogP contribution is 2.12. The summed E-state index contributed by atoms with van der Waals surface area (Å²) in [4.78, 5) is 2.66. The predicted octanol–water partition coefficient (Wildman–Crippen LogP) is 2.89. The van der Waals surface area contributed by atoms with Crippen molar-refractivity contribution in [3.05, 3.63) is 35.9 Å². The van der Waals surface area contributed by atoms with Gasteiger partial charge in [-0.15, -0.1) is 0 Å². The zero-order valence-electron chi connectivity index (χ0n) is 12.8. The molecule has 2 atom stereocenters. The van der Waals surface area contributed by atoms with Crippen LogP contribution in [0.1, 0.15) is 18.9 Å². The molecule has 2 unspecified atom stereocenters. The maximum absolute atomic E-state index is 3.72. The highest BCUT2D eigenvalue weighted by Gasteiger charge is 2.19. The number of hydrogen-bond acceptors (Lipinski definition) is 3. The van der Waals surface area contributed by atoms with Gasteiger partial charge in [-0.25, -0.2) is 0 Å². The summed E-state index contributed by atoms with van der Waals surface area (Å²) >= 11 is 1.96. The Morgan fingerprint density at radius 2 is 2.15 bits per heavy atom. The molecule has 0 radical (unpaired) electrons. The molecule has 1 N–H and O–H groups in total. The minimum Gasteiger partial charge on any atom is -0.312 e. The van der Waals surface area contributed by atoms with Crippen LogP contribution in [0.2, 0.25) is 0 Å². The molecular formula is C17H28N2S. The number of nitrogens with one attached hydrogen (secondary N) is 1. The third-order valence-corrected chi connectivity index (χ3v) is 4.81. The van der Waals surface area contributed by atoms with Crippen molar-refractivity contribution in [2.24, 2.45) is 5.92 Å². The summed E-state index contributed by atoms with van der Waals surface area (Å²) in [5.41, 5.74) is 1.45. The topological polar surface area (TPSA) is 15.3 Å². The van der Waals surface area contributed by atoms with Gasteiger partial charge in [-0.1, -0.05) is 37.3 Å². The van der Waals surface area contributed by atoms with Gasteiger partial charge < -0.3 is 10.2 Å². The van der Waals surface area contributed by atoms with Crippen molar-refractivity contribution in [3.8, 4) is 0 Å². The van der Waals surface area contributed by atoms with Crippen LogP contribution in [-0.2, 0) is 6.42 Å². The van der Waals surface area contributed by atoms with E-state index in [2.05, 4.69) is 53.7 Å². The lowest BCUT2D eigenvalue weighted by atomic mass is 10.1. The van der Waals surface area contributed by atoms with Gasteiger partial charge in [0.05, 0.1) is 0 Å². The normalized spacial score (nSPS) is 22.4. The first-order valence-electron chi connectivity index (χ1n) is 7.76. The molecule has 1 aliphatic rings. The minimum absolute atomic E-state index is 0.598. The van der Waals surface area contributed by atoms with E-state index in [0.29, 0.717) is 6.04 Å². The lowest BCUT2D eigenvalue weighted by Gasteiger charge is -2.27. The first-order valence-corrected chi connectivity index (χ1v) is 9.16. The van der Waals surface area contributed by atoms with E-state index >= 15 is 0 Å². The van der Waals surface area contributed by atoms with E-state index in [4.69, 9.17) is 0 Å². The molecule has 0 aromatic heterocycles. The van der Waals surface area contributed by atoms with Crippen LogP contribution in [0, 0.1) is 5.92 Å². The molecule has 2 rings (SSSR count). The Kier molecular flexibility index (Phi) is 6.91. The third-order valence-electron chi connectivity index (χ3n) is 3.91. The SMILES string of the molecule is CSCC(C)CN1CCCNC(Cc2ccccc2)C1. The lowest BCUT2D eigenvalue weighted by Crippen LogP contribution is -2.40. The molecule has 20 heavy (non-hydrogen) atoms. The van der Waals surface area contributed by atoms with Crippen LogP contribution in [0.3, 0.4) is 0 Å². The molecule has 1 heterocycles. The molecule has 1 aromatic rings. The summed E-state index contributed by atoms with van der Waals surface area (Å²) in [5.74, 6) is 2.06. The molecule has 0 aliphatic carbocycles. The zero-order chi connectivity index (χ0) is 14.2. The largest absolute Gasteiger partial charge is 0.312 e. The van der Waals surface area contributed by atoms with E-state index in [-0.39, 0.29) is 0 Å². The number of hydrogen-bond donors (Lipinski definition) is 1. The van der Waals surface area contributed by atoms with Crippen LogP contribution in [0.4, 0.5) is 0 Å². The molecule has 0 amide bonds. The van der Waals surface area contributed by atoms with Crippen molar-refractivity contribution in [3.63, 3.8) is 0 Å². The second kappa shape index (κ2) is 8.71. The Morgan fingerprint density at radius 3 is 2.90 bits per heavy atom. The highest BCUT2D eigenvalue weighted by molar-refractivity contribution is 7.98. The molecule has 0 bridgehead atoms. The van der Waals surface area contributed by atoms with E-state index in [0.717, 1.165) is 18.9 Å². The van der Waals surface area contributed by atoms with E-state index < -0.39 is 0 Å². The zero-order valence-corrected chi connectivity index (χ0v) is 13.7. The van der Waals surface area contributed by atoms with E-state index in [1.807, 2.05) is 11.8 Å². The molecule has 1 fully saturated rings. The smallest absolute Gasteiger partial charge is 0.0235 e. The van der Waals surface area contributed by atoms with Crippen molar-refractivity contribution in [1.82, 2.24) is 10.2 Å². The molecule has 3 heteroatoms. The Labute approximate surface area is 128 Å². The van der Waals surface area contributed by atoms with Gasteiger partial charge in [0.1, 0.15) is 0 Å². The van der Waals surface area contributed by atoms with E-state index in [1.165, 1.54) is 37.4 Å². The van der Waals surface area contributed by atoms with Crippen molar-refractivity contribution in [2.75, 3.05) is 38.2 Å². The van der Waals surface area contributed by atoms with Gasteiger partial charge >= 0.3 is 0 Å². The van der Waals surface area contributed by atoms with Crippen LogP contribution in [-0.4, -0.2) is 49.1 Å². The van der Waals surface area contributed by atoms with E-state index in [1.54, 1.807) is 0 Å². The average molecular weight is 292 g/mol. The minimum atomic E-state index is 0.598. The fraction of sp³-hybridized carbons (Fsp3) is 0.647. The van der Waals surface area contributed by atoms with Crippen LogP contribution >= 0.6 is 11.8 Å². The monoisotopic (exact) mass is 292 g/mol. The maximum Gasteiger partial charge on any atom is 0.0235 e. The van der Waals surface area contributed by atoms with Crippen LogP contribution in [0.5, 0.6) is 0 Å². The van der Waals surface area contributed by atoms with Gasteiger partial charge in [0.15, 0.2) is 0 Å². The number of nitrogens with zero attached hydrogens (tertiary/aromatic N) is 1. The molecular weight excluding hydrogens is 264 g/mol. The predicted molar refractivity (Wildman–Crippen MR) is 90.5 cm³/mol. The molecule has 112 valence electrons. The summed E-state index contributed by atoms with van der Waals surface area (Å²) in [6, 6.07) is 11.5. The number of rotatable bonds is 6. The van der Waals surface area contributed by atoms with Crippen molar-refractivity contribution >= 4 is 11.8 Å². The summed E-state index contributed by atoms with van der Waals surface area (Å²) in [6.07, 6.45) is 4.63. The fourth-order valence-corrected chi connectivity index (χ4v) is 3.73. The summed E-state index contributed by atoms with van der Waals surface area (Å²) < 4.78 is 0. The number of thioether (sulfide) groups is 1. The quantitative estimate of drug-likeness (QED) is 0.868. The summed E-state index contributed by atoms with van der Waals surface area (Å²) in [5, 5.41) is 3.72. The Bertz CT molecular complexity index is 369. The van der Waals surface area contributed by atoms with Gasteiger partial charge in [0, 0.05) is 19.1 Å². The van der Waals surface area contributed by atoms with Gasteiger partial charge in [-0.3, -0.25) is 0 Å². The standard InChI is InChI=1S/C17H28N2S/c1-15(14-20-2)12-19-10-6-9-18-17(13-19)11-16-7-4-3-5-8-16/h3-5,7-8,15,17-18H,6,9-14H2,1-2H3. The Balaban J connectivity index is 1.86. The van der Waals surface area contributed by atoms with Crippen molar-refractivity contribution < 1.29 is 0 Å². The van der Waals surface area contributed by atoms with Gasteiger partial charge in [-0.2, -0.15) is 11.8 Å².